The van der Waals surface area contributed by atoms with E-state index < -0.39 is 0 Å². The molecule has 1 atom stereocenters. The number of halogens is 1. The average molecular weight is 317 g/mol. The molecule has 0 aliphatic carbocycles. The molecule has 94 valence electrons. The van der Waals surface area contributed by atoms with Crippen LogP contribution in [0.3, 0.4) is 0 Å². The van der Waals surface area contributed by atoms with Crippen molar-refractivity contribution in [3.8, 4) is 0 Å². The molecule has 3 nitrogen and oxygen atoms in total. The third-order valence-electron chi connectivity index (χ3n) is 2.35. The molecule has 1 rings (SSSR count). The molecule has 5 heteroatoms. The maximum Gasteiger partial charge on any atom is 0.239 e. The summed E-state index contributed by atoms with van der Waals surface area (Å²) in [7, 11) is 0. The summed E-state index contributed by atoms with van der Waals surface area (Å²) in [6.45, 7) is 0. The largest absolute Gasteiger partial charge is 0.374 e. The van der Waals surface area contributed by atoms with E-state index in [1.54, 1.807) is 11.8 Å². The molecule has 1 amide bonds. The lowest BCUT2D eigenvalue weighted by Crippen LogP contribution is -2.35. The lowest BCUT2D eigenvalue weighted by atomic mass is 10.1. The summed E-state index contributed by atoms with van der Waals surface area (Å²) in [6, 6.07) is 7.43. The van der Waals surface area contributed by atoms with Crippen molar-refractivity contribution in [2.45, 2.75) is 18.9 Å². The van der Waals surface area contributed by atoms with Crippen molar-refractivity contribution in [1.29, 1.82) is 0 Å². The number of nitrogens with two attached hydrogens (primary N) is 1. The Bertz CT molecular complexity index is 373. The third-order valence-corrected chi connectivity index (χ3v) is 3.54. The molecule has 0 saturated carbocycles. The molecule has 3 N–H and O–H groups in total. The summed E-state index contributed by atoms with van der Waals surface area (Å²) in [5, 5.41) is 3.16. The van der Waals surface area contributed by atoms with E-state index in [2.05, 4.69) is 27.5 Å². The van der Waals surface area contributed by atoms with Crippen molar-refractivity contribution in [3.05, 3.63) is 28.7 Å². The Morgan fingerprint density at radius 2 is 2.35 bits per heavy atom. The number of nitrogens with one attached hydrogen (secondary N) is 1. The van der Waals surface area contributed by atoms with Crippen LogP contribution in [0.5, 0.6) is 0 Å². The van der Waals surface area contributed by atoms with E-state index in [-0.39, 0.29) is 11.9 Å². The Hall–Kier alpha value is -0.680. The first-order valence-corrected chi connectivity index (χ1v) is 7.62. The van der Waals surface area contributed by atoms with Crippen LogP contribution in [0, 0.1) is 0 Å². The normalized spacial score (nSPS) is 12.1. The zero-order valence-corrected chi connectivity index (χ0v) is 12.2. The Labute approximate surface area is 115 Å². The molecule has 0 spiro atoms. The van der Waals surface area contributed by atoms with E-state index in [4.69, 9.17) is 5.73 Å². The molecule has 0 heterocycles. The first-order valence-electron chi connectivity index (χ1n) is 5.44. The second-order valence-corrected chi connectivity index (χ2v) is 5.65. The van der Waals surface area contributed by atoms with Crippen molar-refractivity contribution >= 4 is 39.3 Å². The highest BCUT2D eigenvalue weighted by molar-refractivity contribution is 9.10. The summed E-state index contributed by atoms with van der Waals surface area (Å²) in [6.07, 6.45) is 3.81. The van der Waals surface area contributed by atoms with Crippen molar-refractivity contribution < 1.29 is 4.79 Å². The number of amides is 1. The lowest BCUT2D eigenvalue weighted by Gasteiger charge is -2.16. The second-order valence-electron chi connectivity index (χ2n) is 3.74. The van der Waals surface area contributed by atoms with Crippen LogP contribution in [0.15, 0.2) is 28.7 Å². The molecule has 1 aromatic carbocycles. The Morgan fingerprint density at radius 3 is 2.94 bits per heavy atom. The van der Waals surface area contributed by atoms with Crippen LogP contribution in [0.25, 0.3) is 0 Å². The Morgan fingerprint density at radius 1 is 1.59 bits per heavy atom. The summed E-state index contributed by atoms with van der Waals surface area (Å²) < 4.78 is 0.981. The molecule has 0 radical (unpaired) electrons. The SMILES string of the molecule is CSCCCC(Nc1cccc(Br)c1)C(N)=O. The summed E-state index contributed by atoms with van der Waals surface area (Å²) >= 11 is 5.17. The maximum atomic E-state index is 11.3. The summed E-state index contributed by atoms with van der Waals surface area (Å²) in [5.74, 6) is 0.746. The number of primary amides is 1. The monoisotopic (exact) mass is 316 g/mol. The molecule has 0 bridgehead atoms. The third kappa shape index (κ3) is 5.46. The number of rotatable bonds is 7. The van der Waals surface area contributed by atoms with Crippen molar-refractivity contribution in [2.75, 3.05) is 17.3 Å². The minimum Gasteiger partial charge on any atom is -0.374 e. The zero-order valence-electron chi connectivity index (χ0n) is 9.78. The smallest absolute Gasteiger partial charge is 0.239 e. The molecule has 17 heavy (non-hydrogen) atoms. The van der Waals surface area contributed by atoms with Crippen LogP contribution in [0.2, 0.25) is 0 Å². The fourth-order valence-corrected chi connectivity index (χ4v) is 2.35. The van der Waals surface area contributed by atoms with Gasteiger partial charge in [-0.1, -0.05) is 22.0 Å². The van der Waals surface area contributed by atoms with Gasteiger partial charge in [0.2, 0.25) is 5.91 Å². The second kappa shape index (κ2) is 7.61. The van der Waals surface area contributed by atoms with Gasteiger partial charge in [-0.15, -0.1) is 0 Å². The summed E-state index contributed by atoms with van der Waals surface area (Å²) in [4.78, 5) is 11.3. The molecule has 0 aliphatic rings. The highest BCUT2D eigenvalue weighted by Gasteiger charge is 2.14. The van der Waals surface area contributed by atoms with E-state index in [0.29, 0.717) is 0 Å². The van der Waals surface area contributed by atoms with Gasteiger partial charge in [-0.25, -0.2) is 0 Å². The number of carbonyl (C=O) groups is 1. The van der Waals surface area contributed by atoms with Crippen molar-refractivity contribution in [3.63, 3.8) is 0 Å². The van der Waals surface area contributed by atoms with Gasteiger partial charge in [-0.05, 0) is 43.0 Å². The van der Waals surface area contributed by atoms with Gasteiger partial charge in [0.1, 0.15) is 6.04 Å². The van der Waals surface area contributed by atoms with E-state index in [0.717, 1.165) is 28.8 Å². The fourth-order valence-electron chi connectivity index (χ4n) is 1.50. The number of anilines is 1. The highest BCUT2D eigenvalue weighted by Crippen LogP contribution is 2.17. The van der Waals surface area contributed by atoms with Gasteiger partial charge in [0.05, 0.1) is 0 Å². The molecule has 1 aromatic rings. The van der Waals surface area contributed by atoms with Gasteiger partial charge in [0.25, 0.3) is 0 Å². The van der Waals surface area contributed by atoms with Crippen LogP contribution < -0.4 is 11.1 Å². The van der Waals surface area contributed by atoms with Crippen LogP contribution >= 0.6 is 27.7 Å². The van der Waals surface area contributed by atoms with Crippen LogP contribution in [0.1, 0.15) is 12.8 Å². The first-order chi connectivity index (χ1) is 8.13. The fraction of sp³-hybridized carbons (Fsp3) is 0.417. The Kier molecular flexibility index (Phi) is 6.44. The molecular formula is C12H17BrN2OS. The van der Waals surface area contributed by atoms with Gasteiger partial charge >= 0.3 is 0 Å². The molecule has 0 fully saturated rings. The standard InChI is InChI=1S/C12H17BrN2OS/c1-17-7-3-6-11(12(14)16)15-10-5-2-4-9(13)8-10/h2,4-5,8,11,15H,3,6-7H2,1H3,(H2,14,16). The number of carbonyl (C=O) groups excluding carboxylic acids is 1. The van der Waals surface area contributed by atoms with Crippen LogP contribution in [0.4, 0.5) is 5.69 Å². The predicted molar refractivity (Wildman–Crippen MR) is 78.4 cm³/mol. The minimum absolute atomic E-state index is 0.295. The van der Waals surface area contributed by atoms with Gasteiger partial charge in [0.15, 0.2) is 0 Å². The van der Waals surface area contributed by atoms with E-state index >= 15 is 0 Å². The predicted octanol–water partition coefficient (Wildman–Crippen LogP) is 2.86. The number of thioether (sulfide) groups is 1. The summed E-state index contributed by atoms with van der Waals surface area (Å²) in [5.41, 5.74) is 6.29. The quantitative estimate of drug-likeness (QED) is 0.760. The highest BCUT2D eigenvalue weighted by atomic mass is 79.9. The van der Waals surface area contributed by atoms with Gasteiger partial charge in [-0.2, -0.15) is 11.8 Å². The Balaban J connectivity index is 2.57. The minimum atomic E-state index is -0.300. The maximum absolute atomic E-state index is 11.3. The topological polar surface area (TPSA) is 55.1 Å². The number of hydrogen-bond donors (Lipinski definition) is 2. The zero-order chi connectivity index (χ0) is 12.7. The number of hydrogen-bond acceptors (Lipinski definition) is 3. The molecule has 0 aliphatic heterocycles. The van der Waals surface area contributed by atoms with Crippen molar-refractivity contribution in [2.24, 2.45) is 5.73 Å². The van der Waals surface area contributed by atoms with Gasteiger partial charge in [0, 0.05) is 10.2 Å². The lowest BCUT2D eigenvalue weighted by molar-refractivity contribution is -0.118. The molecule has 1 unspecified atom stereocenters. The van der Waals surface area contributed by atoms with Gasteiger partial charge in [-0.3, -0.25) is 4.79 Å². The number of benzene rings is 1. The molecule has 0 aromatic heterocycles. The molecule has 0 saturated heterocycles. The van der Waals surface area contributed by atoms with Gasteiger partial charge < -0.3 is 11.1 Å². The van der Waals surface area contributed by atoms with Crippen LogP contribution in [-0.2, 0) is 4.79 Å². The van der Waals surface area contributed by atoms with E-state index in [1.165, 1.54) is 0 Å². The average Bonchev–Trinajstić information content (AvgIpc) is 2.28. The first kappa shape index (κ1) is 14.4. The van der Waals surface area contributed by atoms with E-state index in [9.17, 15) is 4.79 Å². The van der Waals surface area contributed by atoms with Crippen molar-refractivity contribution in [1.82, 2.24) is 0 Å². The van der Waals surface area contributed by atoms with Crippen LogP contribution in [-0.4, -0.2) is 24.0 Å². The molecular weight excluding hydrogens is 300 g/mol. The van der Waals surface area contributed by atoms with E-state index in [1.807, 2.05) is 24.3 Å².